The number of para-hydroxylation sites is 2. The van der Waals surface area contributed by atoms with Crippen LogP contribution in [0.1, 0.15) is 36.6 Å². The van der Waals surface area contributed by atoms with Crippen LogP contribution >= 0.6 is 0 Å². The Bertz CT molecular complexity index is 2550. The SMILES string of the molecule is C=C/C=C\c1c(C)n(-c2ccccc2-c2ccc(N(c3ccc(-c4ccccc4)cc3)c3ccc(-c4ccc(CCCC)cc4)cc3)cc2)c2ccccc12. The van der Waals surface area contributed by atoms with Gasteiger partial charge in [-0.05, 0) is 102 Å². The van der Waals surface area contributed by atoms with Gasteiger partial charge < -0.3 is 9.47 Å². The van der Waals surface area contributed by atoms with Gasteiger partial charge >= 0.3 is 0 Å². The number of aryl methyl sites for hydroxylation is 1. The van der Waals surface area contributed by atoms with Crippen LogP contribution in [0.3, 0.4) is 0 Å². The molecule has 0 N–H and O–H groups in total. The highest BCUT2D eigenvalue weighted by Gasteiger charge is 2.18. The lowest BCUT2D eigenvalue weighted by Gasteiger charge is -2.26. The van der Waals surface area contributed by atoms with E-state index < -0.39 is 0 Å². The summed E-state index contributed by atoms with van der Waals surface area (Å²) in [5.74, 6) is 0. The lowest BCUT2D eigenvalue weighted by molar-refractivity contribution is 0.795. The molecule has 0 unspecified atom stereocenters. The zero-order valence-electron chi connectivity index (χ0n) is 31.7. The molecule has 1 aromatic heterocycles. The van der Waals surface area contributed by atoms with Crippen LogP contribution in [-0.2, 0) is 6.42 Å². The van der Waals surface area contributed by atoms with Gasteiger partial charge in [0.2, 0.25) is 0 Å². The van der Waals surface area contributed by atoms with Crippen molar-refractivity contribution in [2.75, 3.05) is 4.90 Å². The van der Waals surface area contributed by atoms with Crippen molar-refractivity contribution in [2.45, 2.75) is 33.1 Å². The van der Waals surface area contributed by atoms with Crippen LogP contribution in [0.2, 0.25) is 0 Å². The second-order valence-electron chi connectivity index (χ2n) is 14.1. The molecule has 8 rings (SSSR count). The van der Waals surface area contributed by atoms with E-state index in [1.807, 2.05) is 12.2 Å². The first-order chi connectivity index (χ1) is 27.1. The van der Waals surface area contributed by atoms with Crippen molar-refractivity contribution in [1.82, 2.24) is 4.57 Å². The third-order valence-corrected chi connectivity index (χ3v) is 10.6. The maximum atomic E-state index is 3.91. The summed E-state index contributed by atoms with van der Waals surface area (Å²) in [5.41, 5.74) is 16.7. The van der Waals surface area contributed by atoms with Crippen molar-refractivity contribution >= 4 is 34.0 Å². The van der Waals surface area contributed by atoms with Crippen LogP contribution in [0.4, 0.5) is 17.1 Å². The summed E-state index contributed by atoms with van der Waals surface area (Å²) in [6, 6.07) is 63.9. The van der Waals surface area contributed by atoms with E-state index in [2.05, 4.69) is 212 Å². The van der Waals surface area contributed by atoms with Crippen LogP contribution in [0.5, 0.6) is 0 Å². The van der Waals surface area contributed by atoms with Gasteiger partial charge in [-0.1, -0.05) is 166 Å². The van der Waals surface area contributed by atoms with E-state index in [1.165, 1.54) is 68.4 Å². The third-order valence-electron chi connectivity index (χ3n) is 10.6. The average molecular weight is 711 g/mol. The van der Waals surface area contributed by atoms with E-state index in [0.29, 0.717) is 0 Å². The number of unbranched alkanes of at least 4 members (excludes halogenated alkanes) is 1. The molecule has 0 spiro atoms. The summed E-state index contributed by atoms with van der Waals surface area (Å²) in [7, 11) is 0. The number of anilines is 3. The number of nitrogens with zero attached hydrogens (tertiary/aromatic N) is 2. The smallest absolute Gasteiger partial charge is 0.0537 e. The fourth-order valence-electron chi connectivity index (χ4n) is 7.71. The Morgan fingerprint density at radius 3 is 1.65 bits per heavy atom. The number of rotatable bonds is 12. The van der Waals surface area contributed by atoms with Crippen molar-refractivity contribution in [3.63, 3.8) is 0 Å². The molecule has 0 bridgehead atoms. The van der Waals surface area contributed by atoms with Crippen molar-refractivity contribution in [3.05, 3.63) is 211 Å². The third kappa shape index (κ3) is 7.32. The molecule has 0 aliphatic heterocycles. The molecule has 1 heterocycles. The first kappa shape index (κ1) is 35.4. The standard InChI is InChI=1S/C53H46N2/c1-4-6-15-40-23-25-42(26-24-40)44-29-35-47(36-30-44)55(46-33-27-43(28-34-46)41-16-9-8-10-17-41)48-37-31-45(32-38-48)50-19-11-13-21-52(50)54-39(3)49(18-7-5-2)51-20-12-14-22-53(51)54/h5,7-14,16-38H,2,4,6,15H2,1,3H3/b18-7-. The Balaban J connectivity index is 1.17. The van der Waals surface area contributed by atoms with Crippen LogP contribution in [-0.4, -0.2) is 4.57 Å². The first-order valence-corrected chi connectivity index (χ1v) is 19.4. The molecule has 8 aromatic rings. The lowest BCUT2D eigenvalue weighted by Crippen LogP contribution is -2.09. The molecule has 268 valence electrons. The summed E-state index contributed by atoms with van der Waals surface area (Å²) >= 11 is 0. The molecule has 55 heavy (non-hydrogen) atoms. The summed E-state index contributed by atoms with van der Waals surface area (Å²) in [5, 5.41) is 1.23. The monoisotopic (exact) mass is 710 g/mol. The van der Waals surface area contributed by atoms with Gasteiger partial charge in [-0.15, -0.1) is 0 Å². The molecule has 0 saturated carbocycles. The second-order valence-corrected chi connectivity index (χ2v) is 14.1. The molecule has 7 aromatic carbocycles. The molecule has 0 atom stereocenters. The zero-order valence-corrected chi connectivity index (χ0v) is 31.7. The highest BCUT2D eigenvalue weighted by atomic mass is 15.1. The zero-order chi connectivity index (χ0) is 37.6. The molecule has 0 aliphatic carbocycles. The molecule has 0 saturated heterocycles. The predicted octanol–water partition coefficient (Wildman–Crippen LogP) is 15.0. The summed E-state index contributed by atoms with van der Waals surface area (Å²) in [6.07, 6.45) is 9.59. The molecular formula is C53H46N2. The van der Waals surface area contributed by atoms with Crippen molar-refractivity contribution in [2.24, 2.45) is 0 Å². The number of aromatic nitrogens is 1. The molecular weight excluding hydrogens is 665 g/mol. The topological polar surface area (TPSA) is 8.17 Å². The maximum Gasteiger partial charge on any atom is 0.0537 e. The van der Waals surface area contributed by atoms with Gasteiger partial charge in [0, 0.05) is 39.3 Å². The van der Waals surface area contributed by atoms with Gasteiger partial charge in [-0.25, -0.2) is 0 Å². The number of hydrogen-bond acceptors (Lipinski definition) is 1. The fraction of sp³-hybridized carbons (Fsp3) is 0.0943. The quantitative estimate of drug-likeness (QED) is 0.115. The van der Waals surface area contributed by atoms with Gasteiger partial charge in [-0.2, -0.15) is 0 Å². The molecule has 0 aliphatic rings. The Morgan fingerprint density at radius 2 is 1.05 bits per heavy atom. The molecule has 0 radical (unpaired) electrons. The lowest BCUT2D eigenvalue weighted by atomic mass is 10.0. The summed E-state index contributed by atoms with van der Waals surface area (Å²) in [6.45, 7) is 8.36. The van der Waals surface area contributed by atoms with E-state index >= 15 is 0 Å². The Morgan fingerprint density at radius 1 is 0.545 bits per heavy atom. The number of hydrogen-bond donors (Lipinski definition) is 0. The molecule has 2 heteroatoms. The minimum absolute atomic E-state index is 1.10. The van der Waals surface area contributed by atoms with E-state index in [1.54, 1.807) is 0 Å². The second kappa shape index (κ2) is 16.2. The van der Waals surface area contributed by atoms with Crippen LogP contribution in [0, 0.1) is 6.92 Å². The Kier molecular flexibility index (Phi) is 10.4. The van der Waals surface area contributed by atoms with E-state index in [0.717, 1.165) is 34.7 Å². The van der Waals surface area contributed by atoms with Gasteiger partial charge in [0.25, 0.3) is 0 Å². The van der Waals surface area contributed by atoms with Crippen molar-refractivity contribution in [3.8, 4) is 39.1 Å². The van der Waals surface area contributed by atoms with Gasteiger partial charge in [0.05, 0.1) is 11.2 Å². The van der Waals surface area contributed by atoms with Gasteiger partial charge in [0.15, 0.2) is 0 Å². The fourth-order valence-corrected chi connectivity index (χ4v) is 7.71. The summed E-state index contributed by atoms with van der Waals surface area (Å²) in [4.78, 5) is 2.35. The van der Waals surface area contributed by atoms with Crippen LogP contribution < -0.4 is 4.90 Å². The van der Waals surface area contributed by atoms with Crippen LogP contribution in [0.25, 0.3) is 56.0 Å². The molecule has 0 fully saturated rings. The highest BCUT2D eigenvalue weighted by Crippen LogP contribution is 2.39. The minimum Gasteiger partial charge on any atom is -0.313 e. The van der Waals surface area contributed by atoms with Crippen molar-refractivity contribution in [1.29, 1.82) is 0 Å². The normalized spacial score (nSPS) is 11.3. The van der Waals surface area contributed by atoms with E-state index in [4.69, 9.17) is 0 Å². The van der Waals surface area contributed by atoms with E-state index in [-0.39, 0.29) is 0 Å². The highest BCUT2D eigenvalue weighted by molar-refractivity contribution is 5.94. The average Bonchev–Trinajstić information content (AvgIpc) is 3.53. The Labute approximate surface area is 326 Å². The number of benzene rings is 7. The van der Waals surface area contributed by atoms with Crippen molar-refractivity contribution < 1.29 is 0 Å². The van der Waals surface area contributed by atoms with Gasteiger partial charge in [0.1, 0.15) is 0 Å². The van der Waals surface area contributed by atoms with E-state index in [9.17, 15) is 0 Å². The first-order valence-electron chi connectivity index (χ1n) is 19.4. The minimum atomic E-state index is 1.10. The van der Waals surface area contributed by atoms with Crippen LogP contribution in [0.15, 0.2) is 195 Å². The largest absolute Gasteiger partial charge is 0.313 e. The molecule has 2 nitrogen and oxygen atoms in total. The molecule has 0 amide bonds. The summed E-state index contributed by atoms with van der Waals surface area (Å²) < 4.78 is 2.39. The predicted molar refractivity (Wildman–Crippen MR) is 237 cm³/mol. The number of allylic oxidation sites excluding steroid dienone is 2. The number of fused-ring (bicyclic) bond motifs is 1. The van der Waals surface area contributed by atoms with Gasteiger partial charge in [-0.3, -0.25) is 0 Å². The maximum absolute atomic E-state index is 3.91. The Hall–Kier alpha value is -6.64.